The van der Waals surface area contributed by atoms with Gasteiger partial charge in [0.2, 0.25) is 17.7 Å². The molecule has 8 nitrogen and oxygen atoms in total. The largest absolute Gasteiger partial charge is 0.495 e. The molecule has 0 aromatic heterocycles. The van der Waals surface area contributed by atoms with Crippen molar-refractivity contribution in [3.8, 4) is 5.75 Å². The van der Waals surface area contributed by atoms with Gasteiger partial charge in [0, 0.05) is 28.7 Å². The lowest BCUT2D eigenvalue weighted by atomic mass is 9.78. The number of carbonyl (C=O) groups is 3. The third kappa shape index (κ3) is 4.05. The van der Waals surface area contributed by atoms with Gasteiger partial charge in [-0.2, -0.15) is 0 Å². The number of anilines is 2. The van der Waals surface area contributed by atoms with Gasteiger partial charge in [-0.1, -0.05) is 29.3 Å². The van der Waals surface area contributed by atoms with Crippen LogP contribution in [0, 0.1) is 19.8 Å². The Morgan fingerprint density at radius 1 is 1.27 bits per heavy atom. The van der Waals surface area contributed by atoms with E-state index in [0.717, 1.165) is 16.7 Å². The highest BCUT2D eigenvalue weighted by Crippen LogP contribution is 2.49. The Morgan fingerprint density at radius 3 is 2.73 bits per heavy atom. The summed E-state index contributed by atoms with van der Waals surface area (Å²) in [5, 5.41) is 9.72. The Hall–Kier alpha value is -3.10. The smallest absolute Gasteiger partial charge is 0.250 e. The van der Waals surface area contributed by atoms with E-state index < -0.39 is 17.4 Å². The van der Waals surface area contributed by atoms with Crippen LogP contribution in [0.5, 0.6) is 5.75 Å². The molecule has 1 saturated heterocycles. The third-order valence-electron chi connectivity index (χ3n) is 6.45. The Morgan fingerprint density at radius 2 is 2.03 bits per heavy atom. The number of fused-ring (bicyclic) bond motifs is 2. The van der Waals surface area contributed by atoms with Crippen LogP contribution in [0.2, 0.25) is 5.02 Å². The topological polar surface area (TPSA) is 123 Å². The Kier molecular flexibility index (Phi) is 6.07. The molecule has 2 aliphatic rings. The zero-order chi connectivity index (χ0) is 23.9. The van der Waals surface area contributed by atoms with Crippen LogP contribution in [0.25, 0.3) is 0 Å². The van der Waals surface area contributed by atoms with Crippen LogP contribution in [0.3, 0.4) is 0 Å². The molecule has 0 saturated carbocycles. The van der Waals surface area contributed by atoms with E-state index in [4.69, 9.17) is 22.1 Å². The Bertz CT molecular complexity index is 1150. The molecule has 3 atom stereocenters. The summed E-state index contributed by atoms with van der Waals surface area (Å²) in [7, 11) is 1.50. The first-order valence-electron chi connectivity index (χ1n) is 10.8. The number of hydrogen-bond donors (Lipinski definition) is 4. The predicted octanol–water partition coefficient (Wildman–Crippen LogP) is 3.00. The van der Waals surface area contributed by atoms with Crippen LogP contribution >= 0.6 is 11.6 Å². The lowest BCUT2D eigenvalue weighted by Gasteiger charge is -2.29. The zero-order valence-corrected chi connectivity index (χ0v) is 19.5. The van der Waals surface area contributed by atoms with E-state index in [-0.39, 0.29) is 24.3 Å². The van der Waals surface area contributed by atoms with Crippen LogP contribution in [0.15, 0.2) is 30.3 Å². The summed E-state index contributed by atoms with van der Waals surface area (Å²) in [5.41, 5.74) is 7.88. The van der Waals surface area contributed by atoms with Crippen molar-refractivity contribution in [3.05, 3.63) is 52.0 Å². The molecule has 0 aliphatic carbocycles. The molecule has 0 unspecified atom stereocenters. The molecule has 1 fully saturated rings. The summed E-state index contributed by atoms with van der Waals surface area (Å²) >= 11 is 6.13. The number of primary amides is 1. The van der Waals surface area contributed by atoms with Gasteiger partial charge in [0.05, 0.1) is 18.7 Å². The van der Waals surface area contributed by atoms with Crippen LogP contribution in [-0.4, -0.2) is 30.9 Å². The van der Waals surface area contributed by atoms with Crippen molar-refractivity contribution < 1.29 is 19.1 Å². The summed E-state index contributed by atoms with van der Waals surface area (Å²) < 4.78 is 5.36. The van der Waals surface area contributed by atoms with Crippen molar-refractivity contribution in [1.82, 2.24) is 5.32 Å². The number of hydrogen-bond acceptors (Lipinski definition) is 5. The second kappa shape index (κ2) is 8.68. The Balaban J connectivity index is 1.75. The molecule has 3 amide bonds. The highest BCUT2D eigenvalue weighted by atomic mass is 35.5. The quantitative estimate of drug-likeness (QED) is 0.517. The van der Waals surface area contributed by atoms with Crippen LogP contribution in [-0.2, 0) is 19.9 Å². The normalized spacial score (nSPS) is 23.3. The first-order valence-corrected chi connectivity index (χ1v) is 11.2. The minimum atomic E-state index is -1.26. The maximum atomic E-state index is 13.6. The van der Waals surface area contributed by atoms with Crippen molar-refractivity contribution in [2.45, 2.75) is 44.7 Å². The van der Waals surface area contributed by atoms with Crippen molar-refractivity contribution >= 4 is 40.7 Å². The predicted molar refractivity (Wildman–Crippen MR) is 126 cm³/mol. The van der Waals surface area contributed by atoms with Gasteiger partial charge in [0.1, 0.15) is 11.3 Å². The van der Waals surface area contributed by atoms with E-state index in [1.807, 2.05) is 26.0 Å². The SMILES string of the molecule is COc1ccc(Cl)cc1NC(=O)[C@H]1C[C@H](CCC(N)=O)N[C@]12C(=O)Nc1c(C)cc(C)cc12. The second-order valence-corrected chi connectivity index (χ2v) is 9.17. The van der Waals surface area contributed by atoms with E-state index in [2.05, 4.69) is 16.0 Å². The number of ether oxygens (including phenoxy) is 1. The maximum Gasteiger partial charge on any atom is 0.250 e. The van der Waals surface area contributed by atoms with Crippen LogP contribution in [0.1, 0.15) is 36.0 Å². The van der Waals surface area contributed by atoms with Gasteiger partial charge in [-0.25, -0.2) is 0 Å². The molecule has 2 aromatic rings. The monoisotopic (exact) mass is 470 g/mol. The average Bonchev–Trinajstić information content (AvgIpc) is 3.27. The van der Waals surface area contributed by atoms with Crippen LogP contribution < -0.4 is 26.4 Å². The minimum Gasteiger partial charge on any atom is -0.495 e. The Labute approximate surface area is 197 Å². The molecule has 33 heavy (non-hydrogen) atoms. The highest BCUT2D eigenvalue weighted by Gasteiger charge is 2.60. The van der Waals surface area contributed by atoms with Crippen molar-refractivity contribution in [3.63, 3.8) is 0 Å². The van der Waals surface area contributed by atoms with Gasteiger partial charge in [0.25, 0.3) is 0 Å². The van der Waals surface area contributed by atoms with Gasteiger partial charge in [-0.05, 0) is 50.5 Å². The first-order chi connectivity index (χ1) is 15.6. The van der Waals surface area contributed by atoms with E-state index in [1.54, 1.807) is 18.2 Å². The minimum absolute atomic E-state index is 0.158. The molecule has 2 aromatic carbocycles. The molecule has 5 N–H and O–H groups in total. The number of nitrogens with one attached hydrogen (secondary N) is 3. The van der Waals surface area contributed by atoms with Crippen molar-refractivity contribution in [1.29, 1.82) is 0 Å². The average molecular weight is 471 g/mol. The van der Waals surface area contributed by atoms with Gasteiger partial charge in [-0.3, -0.25) is 19.7 Å². The van der Waals surface area contributed by atoms with Gasteiger partial charge >= 0.3 is 0 Å². The number of methoxy groups -OCH3 is 1. The van der Waals surface area contributed by atoms with Gasteiger partial charge in [-0.15, -0.1) is 0 Å². The summed E-state index contributed by atoms with van der Waals surface area (Å²) in [6.07, 6.45) is 0.947. The van der Waals surface area contributed by atoms with E-state index in [1.165, 1.54) is 7.11 Å². The fraction of sp³-hybridized carbons (Fsp3) is 0.375. The van der Waals surface area contributed by atoms with Crippen molar-refractivity contribution in [2.75, 3.05) is 17.7 Å². The molecule has 1 spiro atoms. The standard InChI is InChI=1S/C24H27ClN4O4/c1-12-8-13(2)21-16(9-12)24(23(32)28-21)17(11-15(29-24)5-7-20(26)30)22(31)27-18-10-14(25)4-6-19(18)33-3/h4,6,8-10,15,17,29H,5,7,11H2,1-3H3,(H2,26,30)(H,27,31)(H,28,32)/t15-,17+,24-/m0/s1. The summed E-state index contributed by atoms with van der Waals surface area (Å²) in [4.78, 5) is 38.5. The maximum absolute atomic E-state index is 13.6. The number of rotatable bonds is 6. The lowest BCUT2D eigenvalue weighted by Crippen LogP contribution is -2.52. The first kappa shape index (κ1) is 23.1. The summed E-state index contributed by atoms with van der Waals surface area (Å²) in [6.45, 7) is 3.88. The number of nitrogens with two attached hydrogens (primary N) is 1. The molecule has 2 aliphatic heterocycles. The lowest BCUT2D eigenvalue weighted by molar-refractivity contribution is -0.130. The number of carbonyl (C=O) groups excluding carboxylic acids is 3. The number of amides is 3. The number of aryl methyl sites for hydroxylation is 2. The fourth-order valence-electron chi connectivity index (χ4n) is 5.02. The summed E-state index contributed by atoms with van der Waals surface area (Å²) in [5.74, 6) is -1.33. The van der Waals surface area contributed by atoms with Crippen molar-refractivity contribution in [2.24, 2.45) is 11.7 Å². The van der Waals surface area contributed by atoms with E-state index in [9.17, 15) is 14.4 Å². The molecular formula is C24H27ClN4O4. The molecule has 0 bridgehead atoms. The summed E-state index contributed by atoms with van der Waals surface area (Å²) in [6, 6.07) is 8.62. The van der Waals surface area contributed by atoms with Crippen LogP contribution in [0.4, 0.5) is 11.4 Å². The molecule has 9 heteroatoms. The van der Waals surface area contributed by atoms with Gasteiger partial charge in [0.15, 0.2) is 0 Å². The molecule has 4 rings (SSSR count). The molecular weight excluding hydrogens is 444 g/mol. The van der Waals surface area contributed by atoms with E-state index >= 15 is 0 Å². The highest BCUT2D eigenvalue weighted by molar-refractivity contribution is 6.31. The third-order valence-corrected chi connectivity index (χ3v) is 6.69. The molecule has 174 valence electrons. The molecule has 0 radical (unpaired) electrons. The molecule has 2 heterocycles. The van der Waals surface area contributed by atoms with E-state index in [0.29, 0.717) is 35.0 Å². The number of benzene rings is 2. The number of halogens is 1. The second-order valence-electron chi connectivity index (χ2n) is 8.73. The zero-order valence-electron chi connectivity index (χ0n) is 18.8. The fourth-order valence-corrected chi connectivity index (χ4v) is 5.19. The van der Waals surface area contributed by atoms with Gasteiger partial charge < -0.3 is 21.1 Å².